The summed E-state index contributed by atoms with van der Waals surface area (Å²) in [5.74, 6) is 5.05. The molecule has 0 amide bonds. The lowest BCUT2D eigenvalue weighted by Crippen LogP contribution is -2.23. The van der Waals surface area contributed by atoms with E-state index in [9.17, 15) is 4.79 Å². The largest absolute Gasteiger partial charge is 0.469 e. The number of aryl methyl sites for hydroxylation is 1. The summed E-state index contributed by atoms with van der Waals surface area (Å²) in [6.45, 7) is 3.99. The molecular formula is C19H25N7O5S. The van der Waals surface area contributed by atoms with Crippen molar-refractivity contribution in [2.45, 2.75) is 29.9 Å². The lowest BCUT2D eigenvalue weighted by atomic mass is 10.2. The van der Waals surface area contributed by atoms with Crippen LogP contribution in [0.1, 0.15) is 12.0 Å². The summed E-state index contributed by atoms with van der Waals surface area (Å²) in [5.41, 5.74) is 8.30. The first-order chi connectivity index (χ1) is 15.6. The van der Waals surface area contributed by atoms with E-state index in [1.54, 1.807) is 0 Å². The lowest BCUT2D eigenvalue weighted by molar-refractivity contribution is -0.140. The number of nitrogens with two attached hydrogens (primary N) is 2. The van der Waals surface area contributed by atoms with Crippen molar-refractivity contribution in [3.8, 4) is 11.5 Å². The number of hydrogen-bond donors (Lipinski definition) is 4. The second-order valence-corrected chi connectivity index (χ2v) is 7.64. The average Bonchev–Trinajstić information content (AvgIpc) is 3.40. The molecule has 0 bridgehead atoms. The first kappa shape index (κ1) is 23.5. The van der Waals surface area contributed by atoms with Crippen LogP contribution >= 0.6 is 11.8 Å². The molecule has 4 rings (SSSR count). The van der Waals surface area contributed by atoms with Gasteiger partial charge < -0.3 is 35.0 Å². The van der Waals surface area contributed by atoms with Gasteiger partial charge in [-0.05, 0) is 24.6 Å². The molecule has 0 atom stereocenters. The highest BCUT2D eigenvalue weighted by molar-refractivity contribution is 7.99. The Hall–Kier alpha value is -3.13. The molecule has 0 radical (unpaired) electrons. The van der Waals surface area contributed by atoms with Crippen LogP contribution in [0.3, 0.4) is 0 Å². The number of carbonyl (C=O) groups excluding carboxylic acids is 1. The molecule has 3 heterocycles. The molecule has 0 fully saturated rings. The molecule has 2 aromatic heterocycles. The third-order valence-corrected chi connectivity index (χ3v) is 5.80. The molecule has 3 aromatic rings. The van der Waals surface area contributed by atoms with Crippen LogP contribution in [0.2, 0.25) is 0 Å². The maximum absolute atomic E-state index is 11.3. The molecule has 0 saturated heterocycles. The second-order valence-electron chi connectivity index (χ2n) is 6.63. The van der Waals surface area contributed by atoms with Gasteiger partial charge in [-0.1, -0.05) is 11.8 Å². The standard InChI is InChI=1S/C19H22N6O4S.H3NO/c1-11-7-12-13(29-10-28-12)8-14(11)30-19-24-16-17(20)22-9-23-18(16)25(19)6-5-21-4-3-15(26)27-2;1-2/h7-9,21H,3-6,10H2,1-2H3,(H2,20,22,23);2H,1H2. The minimum absolute atomic E-state index is 0.227. The van der Waals surface area contributed by atoms with Crippen LogP contribution < -0.4 is 26.4 Å². The van der Waals surface area contributed by atoms with Gasteiger partial charge >= 0.3 is 5.97 Å². The summed E-state index contributed by atoms with van der Waals surface area (Å²) in [4.78, 5) is 25.4. The van der Waals surface area contributed by atoms with Gasteiger partial charge in [0.05, 0.1) is 13.5 Å². The van der Waals surface area contributed by atoms with E-state index < -0.39 is 0 Å². The van der Waals surface area contributed by atoms with E-state index in [4.69, 9.17) is 20.4 Å². The predicted octanol–water partition coefficient (Wildman–Crippen LogP) is 1.08. The quantitative estimate of drug-likeness (QED) is 0.213. The van der Waals surface area contributed by atoms with Gasteiger partial charge in [-0.2, -0.15) is 0 Å². The highest BCUT2D eigenvalue weighted by Crippen LogP contribution is 2.40. The molecule has 32 heavy (non-hydrogen) atoms. The first-order valence-corrected chi connectivity index (χ1v) is 10.5. The molecule has 6 N–H and O–H groups in total. The summed E-state index contributed by atoms with van der Waals surface area (Å²) in [7, 11) is 1.38. The van der Waals surface area contributed by atoms with Gasteiger partial charge in [0, 0.05) is 24.5 Å². The number of aromatic nitrogens is 4. The summed E-state index contributed by atoms with van der Waals surface area (Å²) < 4.78 is 17.6. The van der Waals surface area contributed by atoms with Crippen LogP contribution in [0, 0.1) is 6.92 Å². The van der Waals surface area contributed by atoms with Crippen LogP contribution in [-0.2, 0) is 16.1 Å². The van der Waals surface area contributed by atoms with Crippen molar-refractivity contribution < 1.29 is 24.2 Å². The Bertz CT molecular complexity index is 1090. The Morgan fingerprint density at radius 2 is 2.03 bits per heavy atom. The molecule has 0 spiro atoms. The number of benzene rings is 1. The normalized spacial score (nSPS) is 11.9. The highest BCUT2D eigenvalue weighted by Gasteiger charge is 2.20. The fourth-order valence-electron chi connectivity index (χ4n) is 3.06. The first-order valence-electron chi connectivity index (χ1n) is 9.65. The topological polar surface area (TPSA) is 173 Å². The number of ether oxygens (including phenoxy) is 3. The Kier molecular flexibility index (Phi) is 8.05. The third kappa shape index (κ3) is 5.19. The molecule has 0 unspecified atom stereocenters. The van der Waals surface area contributed by atoms with E-state index in [0.29, 0.717) is 43.0 Å². The van der Waals surface area contributed by atoms with Gasteiger partial charge in [0.2, 0.25) is 6.79 Å². The number of hydrogen-bond acceptors (Lipinski definition) is 12. The Morgan fingerprint density at radius 3 is 2.78 bits per heavy atom. The fourth-order valence-corrected chi connectivity index (χ4v) is 4.06. The monoisotopic (exact) mass is 463 g/mol. The molecule has 12 nitrogen and oxygen atoms in total. The van der Waals surface area contributed by atoms with Crippen molar-refractivity contribution in [1.82, 2.24) is 24.8 Å². The van der Waals surface area contributed by atoms with E-state index in [0.717, 1.165) is 27.1 Å². The number of rotatable bonds is 8. The van der Waals surface area contributed by atoms with E-state index in [-0.39, 0.29) is 12.8 Å². The van der Waals surface area contributed by atoms with Crippen molar-refractivity contribution in [1.29, 1.82) is 0 Å². The smallest absolute Gasteiger partial charge is 0.306 e. The number of esters is 1. The molecule has 1 aliphatic rings. The number of carbonyl (C=O) groups is 1. The number of nitrogens with zero attached hydrogens (tertiary/aromatic N) is 4. The molecular weight excluding hydrogens is 438 g/mol. The van der Waals surface area contributed by atoms with Gasteiger partial charge in [-0.25, -0.2) is 20.8 Å². The van der Waals surface area contributed by atoms with Crippen LogP contribution in [0.15, 0.2) is 28.5 Å². The Morgan fingerprint density at radius 1 is 1.28 bits per heavy atom. The highest BCUT2D eigenvalue weighted by atomic mass is 32.2. The molecule has 1 aromatic carbocycles. The van der Waals surface area contributed by atoms with Crippen LogP contribution in [-0.4, -0.2) is 57.7 Å². The number of nitrogens with one attached hydrogen (secondary N) is 1. The maximum Gasteiger partial charge on any atom is 0.306 e. The zero-order chi connectivity index (χ0) is 23.1. The second kappa shape index (κ2) is 10.9. The summed E-state index contributed by atoms with van der Waals surface area (Å²) in [6, 6.07) is 3.91. The van der Waals surface area contributed by atoms with E-state index in [1.807, 2.05) is 23.6 Å². The summed E-state index contributed by atoms with van der Waals surface area (Å²) in [6.07, 6.45) is 1.75. The van der Waals surface area contributed by atoms with Gasteiger partial charge in [-0.3, -0.25) is 4.79 Å². The molecule has 172 valence electrons. The van der Waals surface area contributed by atoms with Crippen molar-refractivity contribution in [3.63, 3.8) is 0 Å². The Labute approximate surface area is 188 Å². The van der Waals surface area contributed by atoms with Gasteiger partial charge in [0.25, 0.3) is 0 Å². The van der Waals surface area contributed by atoms with E-state index >= 15 is 0 Å². The van der Waals surface area contributed by atoms with Crippen LogP contribution in [0.4, 0.5) is 5.82 Å². The zero-order valence-corrected chi connectivity index (χ0v) is 18.5. The molecule has 1 aliphatic heterocycles. The number of nitrogen functional groups attached to an aromatic ring is 1. The average molecular weight is 464 g/mol. The van der Waals surface area contributed by atoms with Crippen molar-refractivity contribution in [3.05, 3.63) is 24.0 Å². The fraction of sp³-hybridized carbons (Fsp3) is 0.368. The maximum atomic E-state index is 11.3. The summed E-state index contributed by atoms with van der Waals surface area (Å²) >= 11 is 1.50. The predicted molar refractivity (Wildman–Crippen MR) is 117 cm³/mol. The minimum Gasteiger partial charge on any atom is -0.469 e. The minimum atomic E-state index is -0.245. The van der Waals surface area contributed by atoms with Gasteiger partial charge in [-0.15, -0.1) is 0 Å². The van der Waals surface area contributed by atoms with Gasteiger partial charge in [0.1, 0.15) is 6.33 Å². The van der Waals surface area contributed by atoms with E-state index in [1.165, 1.54) is 25.2 Å². The molecule has 13 heteroatoms. The number of anilines is 1. The van der Waals surface area contributed by atoms with Gasteiger partial charge in [0.15, 0.2) is 33.6 Å². The SMILES string of the molecule is COC(=O)CCNCCn1c(Sc2cc3c(cc2C)OCO3)nc2c(N)ncnc21.NO. The van der Waals surface area contributed by atoms with Crippen LogP contribution in [0.5, 0.6) is 11.5 Å². The number of methoxy groups -OCH3 is 1. The van der Waals surface area contributed by atoms with Crippen LogP contribution in [0.25, 0.3) is 11.2 Å². The lowest BCUT2D eigenvalue weighted by Gasteiger charge is -2.11. The summed E-state index contributed by atoms with van der Waals surface area (Å²) in [5, 5.41) is 10.5. The third-order valence-electron chi connectivity index (χ3n) is 4.64. The number of imidazole rings is 1. The number of fused-ring (bicyclic) bond motifs is 2. The van der Waals surface area contributed by atoms with Crippen molar-refractivity contribution in [2.24, 2.45) is 5.90 Å². The molecule has 0 saturated carbocycles. The zero-order valence-electron chi connectivity index (χ0n) is 17.7. The van der Waals surface area contributed by atoms with Crippen molar-refractivity contribution >= 4 is 34.7 Å². The van der Waals surface area contributed by atoms with Crippen molar-refractivity contribution in [2.75, 3.05) is 32.7 Å². The molecule has 0 aliphatic carbocycles. The Balaban J connectivity index is 0.00000141. The van der Waals surface area contributed by atoms with E-state index in [2.05, 4.69) is 30.9 Å².